The molecule has 2 aromatic rings. The van der Waals surface area contributed by atoms with Crippen molar-refractivity contribution in [1.82, 2.24) is 4.90 Å². The predicted molar refractivity (Wildman–Crippen MR) is 79.8 cm³/mol. The molecular formula is C17H21NO2. The van der Waals surface area contributed by atoms with Gasteiger partial charge in [-0.1, -0.05) is 37.6 Å². The number of Topliss-reactive ketones (excluding diaryl/α,β-unsaturated/α-hetero) is 1. The second-order valence-corrected chi connectivity index (χ2v) is 5.17. The minimum absolute atomic E-state index is 0.152. The van der Waals surface area contributed by atoms with Gasteiger partial charge in [0.2, 0.25) is 0 Å². The van der Waals surface area contributed by atoms with Crippen molar-refractivity contribution in [2.75, 3.05) is 13.6 Å². The number of carbonyl (C=O) groups excluding carboxylic acids is 1. The van der Waals surface area contributed by atoms with Crippen LogP contribution in [0.5, 0.6) is 0 Å². The number of nitrogens with zero attached hydrogens (tertiary/aromatic N) is 1. The average Bonchev–Trinajstić information content (AvgIpc) is 2.92. The van der Waals surface area contributed by atoms with Crippen LogP contribution >= 0.6 is 0 Å². The SMILES string of the molecule is CCCc1ccc(C(=O)CN(C)Cc2ccoc2)cc1. The van der Waals surface area contributed by atoms with E-state index in [9.17, 15) is 4.79 Å². The Morgan fingerprint density at radius 3 is 2.50 bits per heavy atom. The highest BCUT2D eigenvalue weighted by atomic mass is 16.3. The second kappa shape index (κ2) is 7.06. The first kappa shape index (κ1) is 14.5. The zero-order chi connectivity index (χ0) is 14.4. The van der Waals surface area contributed by atoms with Crippen LogP contribution in [0.4, 0.5) is 0 Å². The molecule has 0 spiro atoms. The van der Waals surface area contributed by atoms with Gasteiger partial charge in [-0.05, 0) is 25.1 Å². The number of rotatable bonds is 7. The van der Waals surface area contributed by atoms with Gasteiger partial charge in [0.1, 0.15) is 0 Å². The topological polar surface area (TPSA) is 33.5 Å². The van der Waals surface area contributed by atoms with Crippen molar-refractivity contribution in [3.8, 4) is 0 Å². The van der Waals surface area contributed by atoms with Gasteiger partial charge >= 0.3 is 0 Å². The first-order valence-corrected chi connectivity index (χ1v) is 7.01. The Hall–Kier alpha value is -1.87. The van der Waals surface area contributed by atoms with Crippen molar-refractivity contribution in [1.29, 1.82) is 0 Å². The number of benzene rings is 1. The van der Waals surface area contributed by atoms with Crippen LogP contribution in [0.15, 0.2) is 47.3 Å². The molecule has 0 atom stereocenters. The normalized spacial score (nSPS) is 10.9. The molecule has 0 fully saturated rings. The second-order valence-electron chi connectivity index (χ2n) is 5.17. The fourth-order valence-corrected chi connectivity index (χ4v) is 2.23. The van der Waals surface area contributed by atoms with Crippen molar-refractivity contribution < 1.29 is 9.21 Å². The molecule has 0 aliphatic heterocycles. The molecule has 3 nitrogen and oxygen atoms in total. The van der Waals surface area contributed by atoms with Gasteiger partial charge in [-0.3, -0.25) is 9.69 Å². The predicted octanol–water partition coefficient (Wildman–Crippen LogP) is 3.55. The van der Waals surface area contributed by atoms with E-state index in [-0.39, 0.29) is 5.78 Å². The summed E-state index contributed by atoms with van der Waals surface area (Å²) >= 11 is 0. The highest BCUT2D eigenvalue weighted by molar-refractivity contribution is 5.97. The Labute approximate surface area is 120 Å². The summed E-state index contributed by atoms with van der Waals surface area (Å²) in [4.78, 5) is 14.2. The molecule has 0 aliphatic rings. The third-order valence-corrected chi connectivity index (χ3v) is 3.26. The van der Waals surface area contributed by atoms with E-state index in [0.717, 1.165) is 30.5 Å². The number of ketones is 1. The average molecular weight is 271 g/mol. The molecule has 0 radical (unpaired) electrons. The number of likely N-dealkylation sites (N-methyl/N-ethyl adjacent to an activating group) is 1. The van der Waals surface area contributed by atoms with Crippen LogP contribution in [0.2, 0.25) is 0 Å². The summed E-state index contributed by atoms with van der Waals surface area (Å²) in [6, 6.07) is 9.87. The lowest BCUT2D eigenvalue weighted by atomic mass is 10.1. The van der Waals surface area contributed by atoms with E-state index in [1.807, 2.05) is 42.3 Å². The molecule has 3 heteroatoms. The van der Waals surface area contributed by atoms with Gasteiger partial charge in [-0.15, -0.1) is 0 Å². The van der Waals surface area contributed by atoms with Gasteiger partial charge in [0, 0.05) is 17.7 Å². The quantitative estimate of drug-likeness (QED) is 0.722. The van der Waals surface area contributed by atoms with Gasteiger partial charge in [0.15, 0.2) is 5.78 Å². The van der Waals surface area contributed by atoms with Crippen molar-refractivity contribution in [3.05, 3.63) is 59.5 Å². The molecule has 1 heterocycles. The summed E-state index contributed by atoms with van der Waals surface area (Å²) in [7, 11) is 1.94. The Bertz CT molecular complexity index is 529. The lowest BCUT2D eigenvalue weighted by Crippen LogP contribution is -2.25. The molecule has 0 aliphatic carbocycles. The van der Waals surface area contributed by atoms with E-state index < -0.39 is 0 Å². The Balaban J connectivity index is 1.90. The third-order valence-electron chi connectivity index (χ3n) is 3.26. The maximum Gasteiger partial charge on any atom is 0.176 e. The van der Waals surface area contributed by atoms with Crippen molar-refractivity contribution in [3.63, 3.8) is 0 Å². The van der Waals surface area contributed by atoms with E-state index >= 15 is 0 Å². The molecule has 0 saturated carbocycles. The van der Waals surface area contributed by atoms with E-state index in [0.29, 0.717) is 6.54 Å². The Kier molecular flexibility index (Phi) is 5.13. The Morgan fingerprint density at radius 1 is 1.15 bits per heavy atom. The number of carbonyl (C=O) groups is 1. The Morgan fingerprint density at radius 2 is 1.90 bits per heavy atom. The number of furan rings is 1. The van der Waals surface area contributed by atoms with Crippen molar-refractivity contribution in [2.24, 2.45) is 0 Å². The molecule has 106 valence electrons. The lowest BCUT2D eigenvalue weighted by molar-refractivity contribution is 0.0943. The number of hydrogen-bond acceptors (Lipinski definition) is 3. The first-order valence-electron chi connectivity index (χ1n) is 7.01. The third kappa shape index (κ3) is 4.07. The van der Waals surface area contributed by atoms with Crippen LogP contribution in [-0.2, 0) is 13.0 Å². The molecule has 1 aromatic carbocycles. The zero-order valence-corrected chi connectivity index (χ0v) is 12.1. The van der Waals surface area contributed by atoms with E-state index in [2.05, 4.69) is 6.92 Å². The van der Waals surface area contributed by atoms with Gasteiger partial charge in [-0.25, -0.2) is 0 Å². The lowest BCUT2D eigenvalue weighted by Gasteiger charge is -2.14. The standard InChI is InChI=1S/C17H21NO2/c1-3-4-14-5-7-16(8-6-14)17(19)12-18(2)11-15-9-10-20-13-15/h5-10,13H,3-4,11-12H2,1-2H3. The number of aryl methyl sites for hydroxylation is 1. The fourth-order valence-electron chi connectivity index (χ4n) is 2.23. The van der Waals surface area contributed by atoms with Crippen LogP contribution in [0.1, 0.15) is 34.8 Å². The number of hydrogen-bond donors (Lipinski definition) is 0. The van der Waals surface area contributed by atoms with Crippen LogP contribution in [-0.4, -0.2) is 24.3 Å². The van der Waals surface area contributed by atoms with E-state index in [1.165, 1.54) is 5.56 Å². The van der Waals surface area contributed by atoms with Crippen LogP contribution in [0.25, 0.3) is 0 Å². The summed E-state index contributed by atoms with van der Waals surface area (Å²) in [6.07, 6.45) is 5.55. The summed E-state index contributed by atoms with van der Waals surface area (Å²) in [6.45, 7) is 3.29. The highest BCUT2D eigenvalue weighted by Gasteiger charge is 2.10. The first-order chi connectivity index (χ1) is 9.69. The summed E-state index contributed by atoms with van der Waals surface area (Å²) < 4.78 is 5.03. The van der Waals surface area contributed by atoms with Gasteiger partial charge in [0.25, 0.3) is 0 Å². The molecule has 0 amide bonds. The van der Waals surface area contributed by atoms with Crippen LogP contribution in [0, 0.1) is 0 Å². The maximum absolute atomic E-state index is 12.2. The monoisotopic (exact) mass is 271 g/mol. The largest absolute Gasteiger partial charge is 0.472 e. The molecular weight excluding hydrogens is 250 g/mol. The minimum Gasteiger partial charge on any atom is -0.472 e. The van der Waals surface area contributed by atoms with Crippen LogP contribution < -0.4 is 0 Å². The molecule has 0 unspecified atom stereocenters. The van der Waals surface area contributed by atoms with Gasteiger partial charge in [-0.2, -0.15) is 0 Å². The smallest absolute Gasteiger partial charge is 0.176 e. The van der Waals surface area contributed by atoms with E-state index in [4.69, 9.17) is 4.42 Å². The summed E-state index contributed by atoms with van der Waals surface area (Å²) in [5.74, 6) is 0.152. The maximum atomic E-state index is 12.2. The van der Waals surface area contributed by atoms with Gasteiger partial charge < -0.3 is 4.42 Å². The molecule has 0 bridgehead atoms. The minimum atomic E-state index is 0.152. The van der Waals surface area contributed by atoms with Crippen LogP contribution in [0.3, 0.4) is 0 Å². The molecule has 20 heavy (non-hydrogen) atoms. The molecule has 0 saturated heterocycles. The van der Waals surface area contributed by atoms with Gasteiger partial charge in [0.05, 0.1) is 19.1 Å². The molecule has 0 N–H and O–H groups in total. The molecule has 1 aromatic heterocycles. The fraction of sp³-hybridized carbons (Fsp3) is 0.353. The molecule has 2 rings (SSSR count). The summed E-state index contributed by atoms with van der Waals surface area (Å²) in [5, 5.41) is 0. The van der Waals surface area contributed by atoms with E-state index in [1.54, 1.807) is 12.5 Å². The zero-order valence-electron chi connectivity index (χ0n) is 12.1. The van der Waals surface area contributed by atoms with Crippen molar-refractivity contribution in [2.45, 2.75) is 26.3 Å². The van der Waals surface area contributed by atoms with Crippen molar-refractivity contribution >= 4 is 5.78 Å². The highest BCUT2D eigenvalue weighted by Crippen LogP contribution is 2.09. The summed E-state index contributed by atoms with van der Waals surface area (Å²) in [5.41, 5.74) is 3.15.